The largest absolute Gasteiger partial charge is 0.508 e. The number of benzene rings is 2. The highest BCUT2D eigenvalue weighted by Crippen LogP contribution is 2.45. The molecule has 146 valence electrons. The van der Waals surface area contributed by atoms with Gasteiger partial charge in [0.1, 0.15) is 23.1 Å². The lowest BCUT2D eigenvalue weighted by Gasteiger charge is -2.30. The van der Waals surface area contributed by atoms with Gasteiger partial charge in [0.2, 0.25) is 5.91 Å². The smallest absolute Gasteiger partial charge is 0.327 e. The van der Waals surface area contributed by atoms with Crippen molar-refractivity contribution in [2.75, 3.05) is 11.5 Å². The van der Waals surface area contributed by atoms with Gasteiger partial charge in [0.25, 0.3) is 0 Å². The van der Waals surface area contributed by atoms with Gasteiger partial charge in [-0.1, -0.05) is 48.5 Å². The van der Waals surface area contributed by atoms with Gasteiger partial charge in [0, 0.05) is 22.6 Å². The normalized spacial score (nSPS) is 20.0. The van der Waals surface area contributed by atoms with E-state index in [1.165, 1.54) is 22.7 Å². The molecule has 0 saturated carbocycles. The van der Waals surface area contributed by atoms with Crippen LogP contribution >= 0.6 is 24.4 Å². The summed E-state index contributed by atoms with van der Waals surface area (Å²) in [7, 11) is 0. The molecule has 2 N–H and O–H groups in total. The van der Waals surface area contributed by atoms with Crippen LogP contribution in [0.4, 0.5) is 0 Å². The molecule has 0 aromatic heterocycles. The molecule has 3 atom stereocenters. The van der Waals surface area contributed by atoms with E-state index in [0.717, 1.165) is 0 Å². The fourth-order valence-corrected chi connectivity index (χ4v) is 4.94. The number of thiol groups is 1. The van der Waals surface area contributed by atoms with Crippen molar-refractivity contribution < 1.29 is 24.6 Å². The number of phenolic OH excluding ortho intramolecular Hbond substituents is 1. The quantitative estimate of drug-likeness (QED) is 0.380. The van der Waals surface area contributed by atoms with E-state index in [-0.39, 0.29) is 17.3 Å². The number of hydrogen-bond donors (Lipinski definition) is 3. The number of aliphatic carboxylic acids is 1. The summed E-state index contributed by atoms with van der Waals surface area (Å²) in [6, 6.07) is 13.8. The second-order valence-electron chi connectivity index (χ2n) is 6.31. The number of Topliss-reactive ketones (excluding diaryl/α,β-unsaturated/α-hetero) is 1. The molecule has 1 saturated heterocycles. The number of phenols is 1. The number of ketones is 1. The van der Waals surface area contributed by atoms with Crippen LogP contribution < -0.4 is 0 Å². The molecule has 0 radical (unpaired) electrons. The molecule has 1 aliphatic rings. The highest BCUT2D eigenvalue weighted by Gasteiger charge is 2.46. The van der Waals surface area contributed by atoms with Crippen molar-refractivity contribution in [2.45, 2.75) is 11.4 Å². The predicted octanol–water partition coefficient (Wildman–Crippen LogP) is 2.85. The van der Waals surface area contributed by atoms with Crippen molar-refractivity contribution in [2.24, 2.45) is 5.92 Å². The van der Waals surface area contributed by atoms with Crippen molar-refractivity contribution in [3.63, 3.8) is 0 Å². The zero-order chi connectivity index (χ0) is 20.3. The third kappa shape index (κ3) is 3.88. The number of carbonyl (C=O) groups excluding carboxylic acids is 2. The highest BCUT2D eigenvalue weighted by molar-refractivity contribution is 7.99. The first-order chi connectivity index (χ1) is 13.5. The number of carboxylic acids is 1. The second kappa shape index (κ2) is 8.70. The second-order valence-corrected chi connectivity index (χ2v) is 7.79. The van der Waals surface area contributed by atoms with Crippen LogP contribution in [0.3, 0.4) is 0 Å². The first-order valence-electron chi connectivity index (χ1n) is 8.60. The van der Waals surface area contributed by atoms with E-state index in [4.69, 9.17) is 0 Å². The summed E-state index contributed by atoms with van der Waals surface area (Å²) in [5.74, 6) is -3.18. The average molecular weight is 418 g/mol. The zero-order valence-electron chi connectivity index (χ0n) is 14.8. The van der Waals surface area contributed by atoms with Crippen molar-refractivity contribution in [1.29, 1.82) is 0 Å². The van der Waals surface area contributed by atoms with Crippen LogP contribution in [0.15, 0.2) is 54.6 Å². The van der Waals surface area contributed by atoms with Crippen LogP contribution in [0.25, 0.3) is 0 Å². The molecular formula is C20H19NO5S2. The van der Waals surface area contributed by atoms with Crippen LogP contribution in [0.2, 0.25) is 0 Å². The van der Waals surface area contributed by atoms with E-state index in [1.807, 2.05) is 0 Å². The van der Waals surface area contributed by atoms with E-state index in [2.05, 4.69) is 12.6 Å². The number of carboxylic acid groups (broad SMARTS) is 1. The summed E-state index contributed by atoms with van der Waals surface area (Å²) in [6.07, 6.45) is 0. The lowest BCUT2D eigenvalue weighted by molar-refractivity contribution is -0.150. The van der Waals surface area contributed by atoms with Gasteiger partial charge in [-0.2, -0.15) is 12.6 Å². The number of nitrogens with zero attached hydrogens (tertiary/aromatic N) is 1. The van der Waals surface area contributed by atoms with E-state index < -0.39 is 35.0 Å². The first kappa shape index (κ1) is 20.3. The molecule has 0 spiro atoms. The predicted molar refractivity (Wildman–Crippen MR) is 110 cm³/mol. The number of aromatic hydroxyl groups is 1. The Labute approximate surface area is 172 Å². The third-order valence-corrected chi connectivity index (χ3v) is 6.27. The Kier molecular flexibility index (Phi) is 6.31. The Morgan fingerprint density at radius 3 is 2.36 bits per heavy atom. The van der Waals surface area contributed by atoms with Gasteiger partial charge >= 0.3 is 5.97 Å². The highest BCUT2D eigenvalue weighted by atomic mass is 32.2. The Morgan fingerprint density at radius 1 is 1.11 bits per heavy atom. The number of hydrogen-bond acceptors (Lipinski definition) is 6. The molecule has 1 fully saturated rings. The molecule has 1 heterocycles. The maximum absolute atomic E-state index is 13.3. The zero-order valence-corrected chi connectivity index (χ0v) is 16.5. The minimum atomic E-state index is -1.15. The molecule has 28 heavy (non-hydrogen) atoms. The van der Waals surface area contributed by atoms with Gasteiger partial charge in [-0.15, -0.1) is 11.8 Å². The van der Waals surface area contributed by atoms with Crippen molar-refractivity contribution in [3.05, 3.63) is 65.7 Å². The lowest BCUT2D eigenvalue weighted by Crippen LogP contribution is -2.47. The molecule has 1 amide bonds. The van der Waals surface area contributed by atoms with Crippen molar-refractivity contribution in [3.8, 4) is 5.75 Å². The van der Waals surface area contributed by atoms with Crippen molar-refractivity contribution in [1.82, 2.24) is 4.90 Å². The Bertz CT molecular complexity index is 889. The Hall–Kier alpha value is -2.45. The van der Waals surface area contributed by atoms with E-state index in [9.17, 15) is 24.6 Å². The Morgan fingerprint density at radius 2 is 1.75 bits per heavy atom. The maximum Gasteiger partial charge on any atom is 0.327 e. The topological polar surface area (TPSA) is 94.9 Å². The number of thioether (sulfide) groups is 1. The number of para-hydroxylation sites is 1. The summed E-state index contributed by atoms with van der Waals surface area (Å²) in [5.41, 5.74) is 0.808. The molecule has 3 rings (SSSR count). The first-order valence-corrected chi connectivity index (χ1v) is 10.3. The van der Waals surface area contributed by atoms with E-state index >= 15 is 0 Å². The monoisotopic (exact) mass is 417 g/mol. The van der Waals surface area contributed by atoms with Crippen LogP contribution in [0, 0.1) is 5.92 Å². The number of amides is 1. The maximum atomic E-state index is 13.3. The summed E-state index contributed by atoms with van der Waals surface area (Å²) < 4.78 is 0. The van der Waals surface area contributed by atoms with Gasteiger partial charge in [-0.3, -0.25) is 9.59 Å². The summed E-state index contributed by atoms with van der Waals surface area (Å²) in [5, 5.41) is 19.1. The van der Waals surface area contributed by atoms with Gasteiger partial charge in [0.15, 0.2) is 5.78 Å². The summed E-state index contributed by atoms with van der Waals surface area (Å²) in [6.45, 7) is 0. The van der Waals surface area contributed by atoms with E-state index in [1.54, 1.807) is 48.5 Å². The van der Waals surface area contributed by atoms with Crippen LogP contribution in [0.1, 0.15) is 21.3 Å². The third-order valence-electron chi connectivity index (χ3n) is 4.60. The minimum absolute atomic E-state index is 0.0272. The molecule has 0 aliphatic carbocycles. The fourth-order valence-electron chi connectivity index (χ4n) is 3.16. The van der Waals surface area contributed by atoms with Crippen molar-refractivity contribution >= 4 is 42.1 Å². The fraction of sp³-hybridized carbons (Fsp3) is 0.250. The van der Waals surface area contributed by atoms with Crippen LogP contribution in [-0.4, -0.2) is 50.3 Å². The molecule has 8 heteroatoms. The van der Waals surface area contributed by atoms with Gasteiger partial charge in [0.05, 0.1) is 0 Å². The van der Waals surface area contributed by atoms with Gasteiger partial charge in [-0.05, 0) is 6.07 Å². The minimum Gasteiger partial charge on any atom is -0.508 e. The van der Waals surface area contributed by atoms with Gasteiger partial charge in [-0.25, -0.2) is 4.79 Å². The molecule has 2 aromatic carbocycles. The number of rotatable bonds is 6. The standard InChI is InChI=1S/C20H19NO5S2/c22-16-9-5-4-8-13(16)19-21(15(11-28-19)20(25)26)18(24)14(10-27)17(23)12-6-2-1-3-7-12/h1-9,14-15,19,22,27H,10-11H2,(H,25,26)/t14-,15-,19?/m0/s1. The molecule has 1 aliphatic heterocycles. The number of carbonyl (C=O) groups is 3. The molecule has 2 aromatic rings. The molecular weight excluding hydrogens is 398 g/mol. The molecule has 6 nitrogen and oxygen atoms in total. The molecule has 0 bridgehead atoms. The Balaban J connectivity index is 1.97. The van der Waals surface area contributed by atoms with E-state index in [0.29, 0.717) is 11.1 Å². The molecule has 1 unspecified atom stereocenters. The summed E-state index contributed by atoms with van der Waals surface area (Å²) >= 11 is 5.43. The van der Waals surface area contributed by atoms with Gasteiger partial charge < -0.3 is 15.1 Å². The SMILES string of the molecule is O=C(c1ccccc1)[C@H](CS)C(=O)N1C(c2ccccc2O)SC[C@H]1C(=O)O. The van der Waals surface area contributed by atoms with Crippen LogP contribution in [-0.2, 0) is 9.59 Å². The summed E-state index contributed by atoms with van der Waals surface area (Å²) in [4.78, 5) is 39.1. The average Bonchev–Trinajstić information content (AvgIpc) is 3.14. The lowest BCUT2D eigenvalue weighted by atomic mass is 9.96. The van der Waals surface area contributed by atoms with Crippen LogP contribution in [0.5, 0.6) is 5.75 Å².